The van der Waals surface area contributed by atoms with Crippen molar-refractivity contribution < 1.29 is 24.1 Å². The summed E-state index contributed by atoms with van der Waals surface area (Å²) in [6.07, 6.45) is 0. The molecule has 0 aromatic heterocycles. The van der Waals surface area contributed by atoms with Crippen LogP contribution in [-0.4, -0.2) is 51.5 Å². The van der Waals surface area contributed by atoms with Crippen LogP contribution in [0.25, 0.3) is 0 Å². The number of hydrogen-bond donors (Lipinski definition) is 2. The number of amides is 1. The Labute approximate surface area is 398 Å². The first-order chi connectivity index (χ1) is 27.1. The van der Waals surface area contributed by atoms with Crippen molar-refractivity contribution in [2.45, 2.75) is 37.5 Å². The predicted octanol–water partition coefficient (Wildman–Crippen LogP) is 13.2. The zero-order valence-electron chi connectivity index (χ0n) is 30.7. The molecule has 0 aliphatic rings. The Morgan fingerprint density at radius 1 is 0.702 bits per heavy atom. The number of phenolic OH excluding ortho intramolecular Hbond substituents is 1. The number of rotatable bonds is 6. The maximum atomic E-state index is 11.8. The normalized spacial score (nSPS) is 9.11. The summed E-state index contributed by atoms with van der Waals surface area (Å²) >= 11 is 37.9. The molecule has 4 aromatic carbocycles. The van der Waals surface area contributed by atoms with Gasteiger partial charge in [0.15, 0.2) is 0 Å². The van der Waals surface area contributed by atoms with Crippen LogP contribution in [-0.2, 0) is 9.47 Å². The Bertz CT molecular complexity index is 1920. The van der Waals surface area contributed by atoms with Gasteiger partial charge in [-0.2, -0.15) is 21.0 Å². The van der Waals surface area contributed by atoms with Gasteiger partial charge in [0.1, 0.15) is 11.5 Å². The molecule has 299 valence electrons. The van der Waals surface area contributed by atoms with Gasteiger partial charge in [0.25, 0.3) is 10.4 Å². The van der Waals surface area contributed by atoms with Crippen molar-refractivity contribution in [2.75, 3.05) is 26.2 Å². The van der Waals surface area contributed by atoms with Crippen molar-refractivity contribution >= 4 is 133 Å². The van der Waals surface area contributed by atoms with Crippen LogP contribution >= 0.6 is 123 Å². The molecule has 57 heavy (non-hydrogen) atoms. The average Bonchev–Trinajstić information content (AvgIpc) is 3.15. The summed E-state index contributed by atoms with van der Waals surface area (Å²) < 4.78 is 5.50. The van der Waals surface area contributed by atoms with Gasteiger partial charge in [-0.25, -0.2) is 0 Å². The number of nitriles is 4. The quantitative estimate of drug-likeness (QED) is 0.0827. The molecule has 0 heterocycles. The maximum absolute atomic E-state index is 11.8. The molecule has 0 fully saturated rings. The molecule has 0 aliphatic heterocycles. The fourth-order valence-corrected chi connectivity index (χ4v) is 6.60. The Kier molecular flexibility index (Phi) is 30.3. The number of thioether (sulfide) groups is 1. The number of nitrogens with zero attached hydrogens (tertiary/aromatic N) is 6. The molecule has 4 rings (SSSR count). The van der Waals surface area contributed by atoms with Crippen molar-refractivity contribution in [1.29, 1.82) is 21.0 Å². The predicted molar refractivity (Wildman–Crippen MR) is 252 cm³/mol. The van der Waals surface area contributed by atoms with Crippen LogP contribution in [0.2, 0.25) is 20.1 Å². The van der Waals surface area contributed by atoms with E-state index >= 15 is 0 Å². The molecule has 0 atom stereocenters. The van der Waals surface area contributed by atoms with E-state index in [2.05, 4.69) is 52.6 Å². The molecule has 1 N–H and O–H groups in total. The van der Waals surface area contributed by atoms with E-state index < -0.39 is 0 Å². The van der Waals surface area contributed by atoms with Crippen molar-refractivity contribution in [2.24, 2.45) is 0 Å². The first kappa shape index (κ1) is 54.7. The molecule has 1 amide bonds. The van der Waals surface area contributed by atoms with Crippen LogP contribution in [0, 0.1) is 45.3 Å². The van der Waals surface area contributed by atoms with Crippen molar-refractivity contribution in [3.8, 4) is 35.8 Å². The first-order valence-corrected chi connectivity index (χ1v) is 28.3. The third-order valence-electron chi connectivity index (χ3n) is 6.48. The SMILES string of the molecule is CCN(CC)C(=O)Sc1cc(Cl)cc(C#N)c1.CCN(CC)C(=S)Oc1cc(Cl)cc(C#N)c1.N#Cc1cc(O)cc(Cl)c1.N#Cc1cc(S)cc(Cl)c1.[I][V][I]. The number of carbonyl (C=O) groups excluding carboxylic acids is 1. The molecule has 0 spiro atoms. The van der Waals surface area contributed by atoms with E-state index in [1.165, 1.54) is 18.2 Å². The third-order valence-corrected chi connectivity index (χ3v) is 8.85. The molecule has 19 heteroatoms. The molecule has 0 bridgehead atoms. The first-order valence-electron chi connectivity index (χ1n) is 16.1. The van der Waals surface area contributed by atoms with E-state index in [9.17, 15) is 4.79 Å². The number of halogens is 6. The molecular weight excluding hydrogens is 1130 g/mol. The molecule has 4 aromatic rings. The monoisotopic (exact) mass is 1160 g/mol. The van der Waals surface area contributed by atoms with Crippen LogP contribution in [0.3, 0.4) is 0 Å². The number of thiocarbonyl (C=S) groups is 1. The number of thiol groups is 1. The summed E-state index contributed by atoms with van der Waals surface area (Å²) in [6, 6.07) is 26.8. The Balaban J connectivity index is 0.000000735. The third kappa shape index (κ3) is 23.8. The number of phenols is 1. The van der Waals surface area contributed by atoms with Gasteiger partial charge in [0.2, 0.25) is 0 Å². The van der Waals surface area contributed by atoms with Crippen LogP contribution in [0.1, 0.15) is 49.9 Å². The van der Waals surface area contributed by atoms with Crippen molar-refractivity contribution in [3.63, 3.8) is 0 Å². The van der Waals surface area contributed by atoms with Gasteiger partial charge < -0.3 is 19.6 Å². The zero-order chi connectivity index (χ0) is 43.5. The van der Waals surface area contributed by atoms with Gasteiger partial charge in [-0.15, -0.1) is 12.6 Å². The second-order valence-corrected chi connectivity index (χ2v) is 25.8. The number of aromatic hydroxyl groups is 1. The Morgan fingerprint density at radius 2 is 1.11 bits per heavy atom. The average molecular weight is 1170 g/mol. The Morgan fingerprint density at radius 3 is 1.54 bits per heavy atom. The molecule has 9 nitrogen and oxygen atoms in total. The fraction of sp³-hybridized carbons (Fsp3) is 0.211. The van der Waals surface area contributed by atoms with Crippen LogP contribution in [0.4, 0.5) is 4.79 Å². The van der Waals surface area contributed by atoms with Crippen LogP contribution in [0.15, 0.2) is 82.6 Å². The van der Waals surface area contributed by atoms with Crippen LogP contribution < -0.4 is 4.74 Å². The van der Waals surface area contributed by atoms with E-state index in [0.717, 1.165) is 24.9 Å². The summed E-state index contributed by atoms with van der Waals surface area (Å²) in [7, 11) is 0.628. The molecular formula is C38H34Cl4I2N6O3S3V. The summed E-state index contributed by atoms with van der Waals surface area (Å²) in [6.45, 7) is 10.8. The number of ether oxygens (including phenoxy) is 1. The standard InChI is InChI=1S/2C12H13ClN2OS.C7H4ClNO.C7H4ClNS.2HI.V/c1-3-15(4-2)12(16)17-11-6-9(8-14)5-10(13)7-11;1-3-15(4-2)12(17)16-11-6-9(8-14)5-10(13)7-11;2*8-6-1-5(4-9)2-7(10)3-6;;;/h2*5-7H,3-4H2,1-2H3;2*1-3,10H;2*1H;/q;;;;;;+2/p-2. The van der Waals surface area contributed by atoms with E-state index in [0.29, 0.717) is 85.6 Å². The number of carbonyl (C=O) groups is 1. The fourth-order valence-electron chi connectivity index (χ4n) is 3.94. The van der Waals surface area contributed by atoms with Gasteiger partial charge in [-0.3, -0.25) is 4.79 Å². The molecule has 0 unspecified atom stereocenters. The number of hydrogen-bond acceptors (Lipinski definition) is 10. The second-order valence-electron chi connectivity index (χ2n) is 10.3. The minimum atomic E-state index is -0.0267. The van der Waals surface area contributed by atoms with Crippen molar-refractivity contribution in [3.05, 3.63) is 115 Å². The van der Waals surface area contributed by atoms with Gasteiger partial charge in [-0.1, -0.05) is 46.4 Å². The van der Waals surface area contributed by atoms with Gasteiger partial charge in [0.05, 0.1) is 46.5 Å². The van der Waals surface area contributed by atoms with Crippen molar-refractivity contribution in [1.82, 2.24) is 9.80 Å². The topological polar surface area (TPSA) is 148 Å². The van der Waals surface area contributed by atoms with E-state index in [4.69, 9.17) is 89.5 Å². The van der Waals surface area contributed by atoms with E-state index in [1.54, 1.807) is 59.5 Å². The number of benzene rings is 4. The van der Waals surface area contributed by atoms with Gasteiger partial charge >= 0.3 is 49.4 Å². The Hall–Kier alpha value is -2.30. The summed E-state index contributed by atoms with van der Waals surface area (Å²) in [5.74, 6) is 0.509. The van der Waals surface area contributed by atoms with Gasteiger partial charge in [-0.05, 0) is 124 Å². The molecule has 0 radical (unpaired) electrons. The second kappa shape index (κ2) is 31.6. The molecule has 0 aliphatic carbocycles. The molecule has 0 saturated carbocycles. The van der Waals surface area contributed by atoms with E-state index in [-0.39, 0.29) is 11.0 Å². The summed E-state index contributed by atoms with van der Waals surface area (Å²) in [4.78, 5) is 16.9. The minimum absolute atomic E-state index is 0.0176. The summed E-state index contributed by atoms with van der Waals surface area (Å²) in [5, 5.41) is 45.5. The van der Waals surface area contributed by atoms with Gasteiger partial charge in [0, 0.05) is 56.1 Å². The summed E-state index contributed by atoms with van der Waals surface area (Å²) in [5.41, 5.74) is 1.82. The zero-order valence-corrected chi connectivity index (χ0v) is 41.9. The van der Waals surface area contributed by atoms with Crippen LogP contribution in [0.5, 0.6) is 11.5 Å². The molecule has 0 saturated heterocycles. The van der Waals surface area contributed by atoms with E-state index in [1.807, 2.05) is 56.9 Å².